The van der Waals surface area contributed by atoms with Crippen LogP contribution in [0.5, 0.6) is 0 Å². The third kappa shape index (κ3) is 11.2. The second-order valence-corrected chi connectivity index (χ2v) is 10.6. The van der Waals surface area contributed by atoms with Gasteiger partial charge in [-0.15, -0.1) is 12.4 Å². The summed E-state index contributed by atoms with van der Waals surface area (Å²) >= 11 is 0. The van der Waals surface area contributed by atoms with Crippen molar-refractivity contribution < 1.29 is 40.6 Å². The summed E-state index contributed by atoms with van der Waals surface area (Å²) in [5.74, 6) is 0. The minimum Gasteiger partial charge on any atom is -0.372 e. The van der Waals surface area contributed by atoms with Gasteiger partial charge in [-0.1, -0.05) is 12.1 Å². The molecule has 2 aromatic rings. The maximum absolute atomic E-state index is 14.0. The van der Waals surface area contributed by atoms with Crippen molar-refractivity contribution in [3.63, 3.8) is 0 Å². The smallest absolute Gasteiger partial charge is 0.372 e. The van der Waals surface area contributed by atoms with Crippen molar-refractivity contribution in [2.24, 2.45) is 0 Å². The van der Waals surface area contributed by atoms with Gasteiger partial charge in [-0.2, -0.15) is 26.3 Å². The van der Waals surface area contributed by atoms with Gasteiger partial charge < -0.3 is 14.2 Å². The molecule has 2 aliphatic rings. The van der Waals surface area contributed by atoms with Crippen molar-refractivity contribution in [2.45, 2.75) is 75.7 Å². The minimum atomic E-state index is -4.97. The molecule has 4 heterocycles. The average molecular weight is 627 g/mol. The Labute approximate surface area is 247 Å². The summed E-state index contributed by atoms with van der Waals surface area (Å²) in [5.41, 5.74) is 1.66. The number of halogens is 7. The Kier molecular flexibility index (Phi) is 13.3. The highest BCUT2D eigenvalue weighted by Crippen LogP contribution is 2.32. The standard InChI is InChI=1S/C28H36F6N4O3.ClH/c29-27(30,31)25(17-37-11-3-7-23(15-37)39-19-21-5-1-9-35-13-21)41-26(28(32,33)34)18-38-12-4-8-24(16-38)40-20-22-6-2-10-36-14-22;/h1-2,5-6,9-10,13-14,23-26H,3-4,7-8,11-12,15-20H2;1H/t23?,24?,25-,26-;/m0./s1. The van der Waals surface area contributed by atoms with Gasteiger partial charge in [-0.05, 0) is 62.0 Å². The number of likely N-dealkylation sites (tertiary alicyclic amines) is 2. The van der Waals surface area contributed by atoms with Crippen LogP contribution in [0.2, 0.25) is 0 Å². The molecule has 4 rings (SSSR count). The molecule has 0 aromatic carbocycles. The number of aromatic nitrogens is 2. The van der Waals surface area contributed by atoms with Gasteiger partial charge in [-0.3, -0.25) is 19.8 Å². The summed E-state index contributed by atoms with van der Waals surface area (Å²) in [7, 11) is 0. The first-order chi connectivity index (χ1) is 19.6. The molecule has 2 aromatic heterocycles. The molecule has 0 saturated carbocycles. The zero-order valence-corrected chi connectivity index (χ0v) is 23.9. The van der Waals surface area contributed by atoms with Gasteiger partial charge in [0.15, 0.2) is 12.2 Å². The van der Waals surface area contributed by atoms with E-state index in [-0.39, 0.29) is 50.9 Å². The summed E-state index contributed by atoms with van der Waals surface area (Å²) < 4.78 is 101. The van der Waals surface area contributed by atoms with Crippen LogP contribution in [0.1, 0.15) is 36.8 Å². The molecule has 0 N–H and O–H groups in total. The predicted octanol–water partition coefficient (Wildman–Crippen LogP) is 5.44. The van der Waals surface area contributed by atoms with E-state index in [9.17, 15) is 26.3 Å². The summed E-state index contributed by atoms with van der Waals surface area (Å²) in [6.45, 7) is 0.112. The highest BCUT2D eigenvalue weighted by atomic mass is 35.5. The summed E-state index contributed by atoms with van der Waals surface area (Å²) in [6, 6.07) is 7.17. The predicted molar refractivity (Wildman–Crippen MR) is 145 cm³/mol. The van der Waals surface area contributed by atoms with Crippen LogP contribution in [-0.2, 0) is 27.4 Å². The lowest BCUT2D eigenvalue weighted by molar-refractivity contribution is -0.291. The first-order valence-electron chi connectivity index (χ1n) is 13.8. The van der Waals surface area contributed by atoms with Gasteiger partial charge in [0, 0.05) is 51.0 Å². The number of hydrogen-bond donors (Lipinski definition) is 0. The van der Waals surface area contributed by atoms with Crippen molar-refractivity contribution in [3.8, 4) is 0 Å². The summed E-state index contributed by atoms with van der Waals surface area (Å²) in [5, 5.41) is 0. The van der Waals surface area contributed by atoms with E-state index in [1.54, 1.807) is 36.9 Å². The molecule has 42 heavy (non-hydrogen) atoms. The topological polar surface area (TPSA) is 60.0 Å². The number of piperidine rings is 2. The normalized spacial score (nSPS) is 22.3. The van der Waals surface area contributed by atoms with Gasteiger partial charge >= 0.3 is 12.4 Å². The maximum atomic E-state index is 14.0. The van der Waals surface area contributed by atoms with E-state index in [1.807, 2.05) is 12.1 Å². The maximum Gasteiger partial charge on any atom is 0.415 e. The molecule has 2 aliphatic heterocycles. The van der Waals surface area contributed by atoms with Gasteiger partial charge in [0.25, 0.3) is 0 Å². The fourth-order valence-electron chi connectivity index (χ4n) is 5.14. The fourth-order valence-corrected chi connectivity index (χ4v) is 5.14. The zero-order chi connectivity index (χ0) is 29.3. The molecule has 14 heteroatoms. The van der Waals surface area contributed by atoms with E-state index in [4.69, 9.17) is 14.2 Å². The van der Waals surface area contributed by atoms with Crippen LogP contribution < -0.4 is 0 Å². The Hall–Kier alpha value is -2.03. The Morgan fingerprint density at radius 2 is 1.17 bits per heavy atom. The van der Waals surface area contributed by atoms with Gasteiger partial charge in [-0.25, -0.2) is 0 Å². The fraction of sp³-hybridized carbons (Fsp3) is 0.643. The van der Waals surface area contributed by atoms with Gasteiger partial charge in [0.1, 0.15) is 0 Å². The highest BCUT2D eigenvalue weighted by Gasteiger charge is 2.50. The van der Waals surface area contributed by atoms with Crippen molar-refractivity contribution in [2.75, 3.05) is 39.3 Å². The number of nitrogens with zero attached hydrogens (tertiary/aromatic N) is 4. The monoisotopic (exact) mass is 626 g/mol. The Morgan fingerprint density at radius 1 is 0.738 bits per heavy atom. The second kappa shape index (κ2) is 16.2. The molecule has 2 fully saturated rings. The number of ether oxygens (including phenoxy) is 3. The van der Waals surface area contributed by atoms with Crippen molar-refractivity contribution in [1.82, 2.24) is 19.8 Å². The second-order valence-electron chi connectivity index (χ2n) is 10.6. The number of rotatable bonds is 12. The zero-order valence-electron chi connectivity index (χ0n) is 23.1. The molecule has 7 nitrogen and oxygen atoms in total. The molecule has 0 amide bonds. The van der Waals surface area contributed by atoms with Crippen molar-refractivity contribution in [1.29, 1.82) is 0 Å². The molecular weight excluding hydrogens is 590 g/mol. The number of alkyl halides is 6. The van der Waals surface area contributed by atoms with E-state index in [0.717, 1.165) is 11.1 Å². The lowest BCUT2D eigenvalue weighted by Gasteiger charge is -2.38. The van der Waals surface area contributed by atoms with Crippen LogP contribution in [0, 0.1) is 0 Å². The minimum absolute atomic E-state index is 0. The van der Waals surface area contributed by atoms with Crippen LogP contribution in [0.15, 0.2) is 49.1 Å². The molecule has 236 valence electrons. The highest BCUT2D eigenvalue weighted by molar-refractivity contribution is 5.85. The van der Waals surface area contributed by atoms with E-state index in [2.05, 4.69) is 9.97 Å². The Bertz CT molecular complexity index is 956. The third-order valence-electron chi connectivity index (χ3n) is 7.25. The molecule has 2 unspecified atom stereocenters. The van der Waals surface area contributed by atoms with Crippen molar-refractivity contribution in [3.05, 3.63) is 60.2 Å². The van der Waals surface area contributed by atoms with Crippen LogP contribution in [-0.4, -0.2) is 95.8 Å². The first-order valence-corrected chi connectivity index (χ1v) is 13.8. The van der Waals surface area contributed by atoms with Gasteiger partial charge in [0.2, 0.25) is 0 Å². The Balaban J connectivity index is 0.00000484. The van der Waals surface area contributed by atoms with E-state index < -0.39 is 37.7 Å². The third-order valence-corrected chi connectivity index (χ3v) is 7.25. The SMILES string of the molecule is Cl.FC(F)(F)[C@H](CN1CCCC(OCc2cccnc2)C1)O[C@@H](CN1CCCC(OCc2cccnc2)C1)C(F)(F)F. The average Bonchev–Trinajstić information content (AvgIpc) is 2.95. The van der Waals surface area contributed by atoms with Crippen LogP contribution in [0.4, 0.5) is 26.3 Å². The lowest BCUT2D eigenvalue weighted by atomic mass is 10.1. The first kappa shape index (κ1) is 34.5. The molecule has 4 atom stereocenters. The van der Waals surface area contributed by atoms with Crippen LogP contribution >= 0.6 is 12.4 Å². The quantitative estimate of drug-likeness (QED) is 0.291. The number of pyridine rings is 2. The molecular formula is C28H37ClF6N4O3. The lowest BCUT2D eigenvalue weighted by Crippen LogP contribution is -2.53. The number of hydrogen-bond acceptors (Lipinski definition) is 7. The van der Waals surface area contributed by atoms with E-state index >= 15 is 0 Å². The molecule has 0 radical (unpaired) electrons. The molecule has 0 bridgehead atoms. The van der Waals surface area contributed by atoms with Crippen LogP contribution in [0.25, 0.3) is 0 Å². The molecule has 0 aliphatic carbocycles. The summed E-state index contributed by atoms with van der Waals surface area (Å²) in [4.78, 5) is 11.0. The largest absolute Gasteiger partial charge is 0.415 e. The van der Waals surface area contributed by atoms with Gasteiger partial charge in [0.05, 0.1) is 25.4 Å². The van der Waals surface area contributed by atoms with E-state index in [0.29, 0.717) is 38.8 Å². The molecule has 0 spiro atoms. The van der Waals surface area contributed by atoms with Crippen molar-refractivity contribution >= 4 is 12.4 Å². The molecule has 2 saturated heterocycles. The summed E-state index contributed by atoms with van der Waals surface area (Å²) in [6.07, 6.45) is -6.82. The van der Waals surface area contributed by atoms with E-state index in [1.165, 1.54) is 9.80 Å². The van der Waals surface area contributed by atoms with Crippen LogP contribution in [0.3, 0.4) is 0 Å². The Morgan fingerprint density at radius 3 is 1.52 bits per heavy atom.